The van der Waals surface area contributed by atoms with Crippen LogP contribution in [0.5, 0.6) is 11.8 Å². The Balaban J connectivity index is 2.05. The summed E-state index contributed by atoms with van der Waals surface area (Å²) in [6.07, 6.45) is 3.43. The first-order valence-corrected chi connectivity index (χ1v) is 6.82. The molecule has 0 fully saturated rings. The number of nitrogens with zero attached hydrogens (tertiary/aromatic N) is 3. The molecule has 0 spiro atoms. The molecular formula is C14H10IN3O. The van der Waals surface area contributed by atoms with E-state index in [4.69, 9.17) is 4.74 Å². The molecule has 94 valence electrons. The third-order valence-electron chi connectivity index (χ3n) is 2.62. The van der Waals surface area contributed by atoms with Crippen molar-refractivity contribution in [2.24, 2.45) is 0 Å². The molecule has 0 aliphatic carbocycles. The summed E-state index contributed by atoms with van der Waals surface area (Å²) in [7, 11) is 0. The van der Waals surface area contributed by atoms with Crippen LogP contribution in [-0.2, 0) is 0 Å². The molecule has 5 heteroatoms. The van der Waals surface area contributed by atoms with Gasteiger partial charge in [0, 0.05) is 27.0 Å². The first-order chi connectivity index (χ1) is 9.22. The first-order valence-electron chi connectivity index (χ1n) is 5.74. The standard InChI is InChI=1S/C14H10IN3O/c1-9-5-6-10-3-2-4-12(13(10)18-9)19-14-16-7-11(15)8-17-14/h2-8H,1H3. The Bertz CT molecular complexity index is 728. The number of hydrogen-bond donors (Lipinski definition) is 0. The van der Waals surface area contributed by atoms with Gasteiger partial charge in [-0.15, -0.1) is 0 Å². The lowest BCUT2D eigenvalue weighted by Gasteiger charge is -2.07. The van der Waals surface area contributed by atoms with Crippen molar-refractivity contribution in [1.82, 2.24) is 15.0 Å². The van der Waals surface area contributed by atoms with E-state index in [1.807, 2.05) is 37.3 Å². The van der Waals surface area contributed by atoms with Gasteiger partial charge in [0.05, 0.1) is 0 Å². The van der Waals surface area contributed by atoms with Crippen molar-refractivity contribution in [3.63, 3.8) is 0 Å². The minimum absolute atomic E-state index is 0.330. The molecule has 0 amide bonds. The Morgan fingerprint density at radius 2 is 1.84 bits per heavy atom. The van der Waals surface area contributed by atoms with E-state index in [1.54, 1.807) is 12.4 Å². The van der Waals surface area contributed by atoms with Crippen LogP contribution in [0.1, 0.15) is 5.69 Å². The van der Waals surface area contributed by atoms with Crippen molar-refractivity contribution in [1.29, 1.82) is 0 Å². The predicted octanol–water partition coefficient (Wildman–Crippen LogP) is 3.73. The zero-order chi connectivity index (χ0) is 13.2. The summed E-state index contributed by atoms with van der Waals surface area (Å²) in [5, 5.41) is 1.04. The first kappa shape index (κ1) is 12.3. The number of ether oxygens (including phenoxy) is 1. The van der Waals surface area contributed by atoms with Crippen LogP contribution in [0.3, 0.4) is 0 Å². The summed E-state index contributed by atoms with van der Waals surface area (Å²) in [4.78, 5) is 12.8. The zero-order valence-electron chi connectivity index (χ0n) is 10.2. The Labute approximate surface area is 124 Å². The Kier molecular flexibility index (Phi) is 3.29. The highest BCUT2D eigenvalue weighted by atomic mass is 127. The van der Waals surface area contributed by atoms with Gasteiger partial charge in [-0.05, 0) is 41.6 Å². The number of pyridine rings is 1. The molecule has 0 N–H and O–H groups in total. The van der Waals surface area contributed by atoms with E-state index >= 15 is 0 Å². The molecule has 0 atom stereocenters. The van der Waals surface area contributed by atoms with Crippen LogP contribution in [0.4, 0.5) is 0 Å². The predicted molar refractivity (Wildman–Crippen MR) is 81.3 cm³/mol. The average molecular weight is 363 g/mol. The SMILES string of the molecule is Cc1ccc2cccc(Oc3ncc(I)cn3)c2n1. The zero-order valence-corrected chi connectivity index (χ0v) is 12.3. The molecule has 0 unspecified atom stereocenters. The van der Waals surface area contributed by atoms with E-state index in [9.17, 15) is 0 Å². The molecule has 0 bridgehead atoms. The maximum atomic E-state index is 5.71. The number of benzene rings is 1. The molecule has 3 aromatic rings. The van der Waals surface area contributed by atoms with E-state index in [0.29, 0.717) is 11.8 Å². The molecule has 0 aliphatic rings. The van der Waals surface area contributed by atoms with Gasteiger partial charge < -0.3 is 4.74 Å². The van der Waals surface area contributed by atoms with E-state index in [-0.39, 0.29) is 0 Å². The second-order valence-electron chi connectivity index (χ2n) is 4.07. The summed E-state index contributed by atoms with van der Waals surface area (Å²) in [5.74, 6) is 0.669. The lowest BCUT2D eigenvalue weighted by molar-refractivity contribution is 0.445. The van der Waals surface area contributed by atoms with Gasteiger partial charge in [-0.2, -0.15) is 0 Å². The van der Waals surface area contributed by atoms with E-state index in [0.717, 1.165) is 20.2 Å². The number of rotatable bonds is 2. The van der Waals surface area contributed by atoms with Gasteiger partial charge in [-0.3, -0.25) is 0 Å². The Morgan fingerprint density at radius 3 is 2.63 bits per heavy atom. The largest absolute Gasteiger partial charge is 0.422 e. The van der Waals surface area contributed by atoms with Gasteiger partial charge in [-0.1, -0.05) is 18.2 Å². The lowest BCUT2D eigenvalue weighted by Crippen LogP contribution is -1.94. The topological polar surface area (TPSA) is 47.9 Å². The summed E-state index contributed by atoms with van der Waals surface area (Å²) in [6, 6.07) is 10.1. The van der Waals surface area contributed by atoms with Gasteiger partial charge in [-0.25, -0.2) is 15.0 Å². The average Bonchev–Trinajstić information content (AvgIpc) is 2.42. The Morgan fingerprint density at radius 1 is 1.05 bits per heavy atom. The normalized spacial score (nSPS) is 10.6. The van der Waals surface area contributed by atoms with Crippen molar-refractivity contribution in [2.75, 3.05) is 0 Å². The van der Waals surface area contributed by atoms with Crippen LogP contribution < -0.4 is 4.74 Å². The third kappa shape index (κ3) is 2.65. The summed E-state index contributed by atoms with van der Waals surface area (Å²) < 4.78 is 6.68. The summed E-state index contributed by atoms with van der Waals surface area (Å²) >= 11 is 2.15. The minimum Gasteiger partial charge on any atom is -0.422 e. The quantitative estimate of drug-likeness (QED) is 0.651. The van der Waals surface area contributed by atoms with Gasteiger partial charge in [0.1, 0.15) is 5.52 Å². The number of para-hydroxylation sites is 1. The van der Waals surface area contributed by atoms with Crippen LogP contribution >= 0.6 is 22.6 Å². The molecule has 2 aromatic heterocycles. The second kappa shape index (κ2) is 5.08. The van der Waals surface area contributed by atoms with E-state index in [1.165, 1.54) is 0 Å². The van der Waals surface area contributed by atoms with Crippen LogP contribution in [0.15, 0.2) is 42.7 Å². The summed E-state index contributed by atoms with van der Waals surface area (Å²) in [6.45, 7) is 1.96. The van der Waals surface area contributed by atoms with Crippen molar-refractivity contribution in [2.45, 2.75) is 6.92 Å². The molecule has 19 heavy (non-hydrogen) atoms. The number of fused-ring (bicyclic) bond motifs is 1. The fraction of sp³-hybridized carbons (Fsp3) is 0.0714. The molecule has 1 aromatic carbocycles. The van der Waals surface area contributed by atoms with Crippen LogP contribution in [-0.4, -0.2) is 15.0 Å². The van der Waals surface area contributed by atoms with Crippen LogP contribution in [0.2, 0.25) is 0 Å². The molecule has 0 radical (unpaired) electrons. The lowest BCUT2D eigenvalue weighted by atomic mass is 10.2. The molecule has 0 saturated heterocycles. The maximum absolute atomic E-state index is 5.71. The highest BCUT2D eigenvalue weighted by Gasteiger charge is 2.06. The molecule has 0 aliphatic heterocycles. The summed E-state index contributed by atoms with van der Waals surface area (Å²) in [5.41, 5.74) is 1.77. The van der Waals surface area contributed by atoms with Gasteiger partial charge in [0.25, 0.3) is 0 Å². The second-order valence-corrected chi connectivity index (χ2v) is 5.31. The number of hydrogen-bond acceptors (Lipinski definition) is 4. The van der Waals surface area contributed by atoms with Crippen molar-refractivity contribution >= 4 is 33.5 Å². The highest BCUT2D eigenvalue weighted by Crippen LogP contribution is 2.26. The number of aromatic nitrogens is 3. The Hall–Kier alpha value is -1.76. The van der Waals surface area contributed by atoms with Crippen LogP contribution in [0, 0.1) is 10.5 Å². The van der Waals surface area contributed by atoms with Crippen molar-refractivity contribution in [3.8, 4) is 11.8 Å². The van der Waals surface area contributed by atoms with Crippen LogP contribution in [0.25, 0.3) is 10.9 Å². The number of halogens is 1. The number of aryl methyl sites for hydroxylation is 1. The highest BCUT2D eigenvalue weighted by molar-refractivity contribution is 14.1. The molecule has 4 nitrogen and oxygen atoms in total. The monoisotopic (exact) mass is 363 g/mol. The van der Waals surface area contributed by atoms with E-state index in [2.05, 4.69) is 37.5 Å². The fourth-order valence-corrected chi connectivity index (χ4v) is 2.03. The maximum Gasteiger partial charge on any atom is 0.322 e. The smallest absolute Gasteiger partial charge is 0.322 e. The molecule has 0 saturated carbocycles. The fourth-order valence-electron chi connectivity index (χ4n) is 1.75. The third-order valence-corrected chi connectivity index (χ3v) is 3.18. The molecule has 3 rings (SSSR count). The molecule has 2 heterocycles. The van der Waals surface area contributed by atoms with Crippen molar-refractivity contribution < 1.29 is 4.74 Å². The van der Waals surface area contributed by atoms with Gasteiger partial charge >= 0.3 is 6.01 Å². The minimum atomic E-state index is 0.330. The van der Waals surface area contributed by atoms with Gasteiger partial charge in [0.2, 0.25) is 0 Å². The van der Waals surface area contributed by atoms with E-state index < -0.39 is 0 Å². The van der Waals surface area contributed by atoms with Crippen molar-refractivity contribution in [3.05, 3.63) is 52.0 Å². The van der Waals surface area contributed by atoms with Gasteiger partial charge in [0.15, 0.2) is 5.75 Å². The molecular weight excluding hydrogens is 353 g/mol.